The molecule has 0 unspecified atom stereocenters. The highest BCUT2D eigenvalue weighted by atomic mass is 15.1. The van der Waals surface area contributed by atoms with Crippen LogP contribution < -0.4 is 5.73 Å². The molecule has 2 N–H and O–H groups in total. The van der Waals surface area contributed by atoms with Crippen molar-refractivity contribution in [2.45, 2.75) is 6.42 Å². The third-order valence-corrected chi connectivity index (χ3v) is 2.04. The average Bonchev–Trinajstić information content (AvgIpc) is 2.17. The van der Waals surface area contributed by atoms with Crippen LogP contribution in [0.1, 0.15) is 5.56 Å². The zero-order valence-electron chi connectivity index (χ0n) is 8.11. The molecule has 0 fully saturated rings. The number of aromatic nitrogens is 1. The fourth-order valence-electron chi connectivity index (χ4n) is 1.20. The quantitative estimate of drug-likeness (QED) is 0.716. The van der Waals surface area contributed by atoms with Crippen molar-refractivity contribution in [3.8, 4) is 0 Å². The molecule has 0 aliphatic carbocycles. The van der Waals surface area contributed by atoms with E-state index in [1.165, 1.54) is 5.56 Å². The Kier molecular flexibility index (Phi) is 4.43. The van der Waals surface area contributed by atoms with Crippen LogP contribution in [0.2, 0.25) is 0 Å². The predicted molar refractivity (Wildman–Crippen MR) is 54.5 cm³/mol. The Morgan fingerprint density at radius 2 is 2.00 bits per heavy atom. The fourth-order valence-corrected chi connectivity index (χ4v) is 1.20. The van der Waals surface area contributed by atoms with Gasteiger partial charge in [-0.05, 0) is 31.2 Å². The maximum atomic E-state index is 5.45. The maximum absolute atomic E-state index is 5.45. The number of nitrogens with zero attached hydrogens (tertiary/aromatic N) is 2. The fraction of sp³-hybridized carbons (Fsp3) is 0.500. The van der Waals surface area contributed by atoms with E-state index in [9.17, 15) is 0 Å². The van der Waals surface area contributed by atoms with Gasteiger partial charge < -0.3 is 10.6 Å². The molecule has 0 aliphatic heterocycles. The summed E-state index contributed by atoms with van der Waals surface area (Å²) < 4.78 is 0. The second-order valence-electron chi connectivity index (χ2n) is 3.20. The van der Waals surface area contributed by atoms with E-state index in [1.54, 1.807) is 0 Å². The van der Waals surface area contributed by atoms with Crippen molar-refractivity contribution < 1.29 is 0 Å². The van der Waals surface area contributed by atoms with E-state index in [2.05, 4.69) is 29.1 Å². The highest BCUT2D eigenvalue weighted by Gasteiger charge is 1.96. The number of likely N-dealkylation sites (N-methyl/N-ethyl adjacent to an activating group) is 1. The van der Waals surface area contributed by atoms with E-state index in [4.69, 9.17) is 5.73 Å². The van der Waals surface area contributed by atoms with Crippen LogP contribution in [0.4, 0.5) is 0 Å². The van der Waals surface area contributed by atoms with Crippen molar-refractivity contribution in [3.63, 3.8) is 0 Å². The minimum atomic E-state index is 0.729. The van der Waals surface area contributed by atoms with E-state index in [0.29, 0.717) is 0 Å². The summed E-state index contributed by atoms with van der Waals surface area (Å²) in [5.41, 5.74) is 6.78. The zero-order chi connectivity index (χ0) is 9.52. The van der Waals surface area contributed by atoms with E-state index < -0.39 is 0 Å². The predicted octanol–water partition coefficient (Wildman–Crippen LogP) is 0.515. The molecular weight excluding hydrogens is 162 g/mol. The first-order chi connectivity index (χ1) is 6.33. The lowest BCUT2D eigenvalue weighted by Gasteiger charge is -2.14. The Morgan fingerprint density at radius 3 is 2.62 bits per heavy atom. The van der Waals surface area contributed by atoms with Gasteiger partial charge >= 0.3 is 0 Å². The molecule has 0 aromatic carbocycles. The van der Waals surface area contributed by atoms with E-state index in [1.807, 2.05) is 12.4 Å². The van der Waals surface area contributed by atoms with Crippen LogP contribution in [0.25, 0.3) is 0 Å². The Hall–Kier alpha value is -0.930. The van der Waals surface area contributed by atoms with Gasteiger partial charge in [-0.1, -0.05) is 0 Å². The largest absolute Gasteiger partial charge is 0.329 e. The molecule has 1 aromatic rings. The summed E-state index contributed by atoms with van der Waals surface area (Å²) >= 11 is 0. The first-order valence-electron chi connectivity index (χ1n) is 4.60. The van der Waals surface area contributed by atoms with Crippen molar-refractivity contribution in [1.82, 2.24) is 9.88 Å². The second-order valence-corrected chi connectivity index (χ2v) is 3.20. The normalized spacial score (nSPS) is 10.7. The van der Waals surface area contributed by atoms with Gasteiger partial charge in [0.2, 0.25) is 0 Å². The summed E-state index contributed by atoms with van der Waals surface area (Å²) in [7, 11) is 2.09. The van der Waals surface area contributed by atoms with Gasteiger partial charge in [-0.3, -0.25) is 4.98 Å². The first-order valence-corrected chi connectivity index (χ1v) is 4.60. The number of pyridine rings is 1. The van der Waals surface area contributed by atoms with Gasteiger partial charge in [-0.2, -0.15) is 0 Å². The molecule has 13 heavy (non-hydrogen) atoms. The van der Waals surface area contributed by atoms with Gasteiger partial charge in [-0.15, -0.1) is 0 Å². The smallest absolute Gasteiger partial charge is 0.0270 e. The molecule has 1 heterocycles. The van der Waals surface area contributed by atoms with E-state index in [0.717, 1.165) is 26.1 Å². The lowest BCUT2D eigenvalue weighted by Crippen LogP contribution is -2.27. The minimum Gasteiger partial charge on any atom is -0.329 e. The standard InChI is InChI=1S/C10H17N3/c1-13(9-5-11)8-4-10-2-6-12-7-3-10/h2-3,6-7H,4-5,8-9,11H2,1H3. The highest BCUT2D eigenvalue weighted by molar-refractivity contribution is 5.09. The lowest BCUT2D eigenvalue weighted by molar-refractivity contribution is 0.348. The first kappa shape index (κ1) is 10.2. The molecule has 0 aliphatic rings. The van der Waals surface area contributed by atoms with Crippen molar-refractivity contribution in [2.24, 2.45) is 5.73 Å². The summed E-state index contributed by atoms with van der Waals surface area (Å²) in [6.45, 7) is 2.75. The van der Waals surface area contributed by atoms with Crippen molar-refractivity contribution in [1.29, 1.82) is 0 Å². The van der Waals surface area contributed by atoms with Crippen LogP contribution in [-0.4, -0.2) is 36.6 Å². The number of hydrogen-bond acceptors (Lipinski definition) is 3. The van der Waals surface area contributed by atoms with Gasteiger partial charge in [0, 0.05) is 32.0 Å². The zero-order valence-corrected chi connectivity index (χ0v) is 8.11. The number of rotatable bonds is 5. The van der Waals surface area contributed by atoms with Crippen LogP contribution in [0, 0.1) is 0 Å². The summed E-state index contributed by atoms with van der Waals surface area (Å²) in [6.07, 6.45) is 4.73. The molecule has 0 spiro atoms. The molecule has 3 nitrogen and oxygen atoms in total. The molecule has 0 saturated carbocycles. The number of hydrogen-bond donors (Lipinski definition) is 1. The van der Waals surface area contributed by atoms with Crippen LogP contribution in [0.5, 0.6) is 0 Å². The van der Waals surface area contributed by atoms with Crippen LogP contribution >= 0.6 is 0 Å². The van der Waals surface area contributed by atoms with Gasteiger partial charge in [0.25, 0.3) is 0 Å². The van der Waals surface area contributed by atoms with Crippen molar-refractivity contribution in [3.05, 3.63) is 30.1 Å². The van der Waals surface area contributed by atoms with Crippen molar-refractivity contribution >= 4 is 0 Å². The molecule has 72 valence electrons. The molecule has 0 bridgehead atoms. The molecule has 0 saturated heterocycles. The Labute approximate surface area is 79.6 Å². The maximum Gasteiger partial charge on any atom is 0.0270 e. The molecule has 0 radical (unpaired) electrons. The average molecular weight is 179 g/mol. The van der Waals surface area contributed by atoms with Gasteiger partial charge in [-0.25, -0.2) is 0 Å². The summed E-state index contributed by atoms with van der Waals surface area (Å²) in [5.74, 6) is 0. The monoisotopic (exact) mass is 179 g/mol. The lowest BCUT2D eigenvalue weighted by atomic mass is 10.2. The van der Waals surface area contributed by atoms with Crippen molar-refractivity contribution in [2.75, 3.05) is 26.7 Å². The molecule has 3 heteroatoms. The van der Waals surface area contributed by atoms with Crippen LogP contribution in [0.3, 0.4) is 0 Å². The molecular formula is C10H17N3. The molecule has 1 aromatic heterocycles. The summed E-state index contributed by atoms with van der Waals surface area (Å²) in [4.78, 5) is 6.21. The molecule has 0 atom stereocenters. The van der Waals surface area contributed by atoms with Gasteiger partial charge in [0.05, 0.1) is 0 Å². The second kappa shape index (κ2) is 5.67. The van der Waals surface area contributed by atoms with E-state index in [-0.39, 0.29) is 0 Å². The van der Waals surface area contributed by atoms with Crippen LogP contribution in [0.15, 0.2) is 24.5 Å². The number of nitrogens with two attached hydrogens (primary N) is 1. The van der Waals surface area contributed by atoms with E-state index >= 15 is 0 Å². The molecule has 1 rings (SSSR count). The topological polar surface area (TPSA) is 42.1 Å². The van der Waals surface area contributed by atoms with Gasteiger partial charge in [0.1, 0.15) is 0 Å². The SMILES string of the molecule is CN(CCN)CCc1ccncc1. The third kappa shape index (κ3) is 4.01. The Bertz CT molecular complexity index is 223. The third-order valence-electron chi connectivity index (χ3n) is 2.04. The Morgan fingerprint density at radius 1 is 1.31 bits per heavy atom. The summed E-state index contributed by atoms with van der Waals surface area (Å²) in [6, 6.07) is 4.10. The molecule has 0 amide bonds. The minimum absolute atomic E-state index is 0.729. The summed E-state index contributed by atoms with van der Waals surface area (Å²) in [5, 5.41) is 0. The Balaban J connectivity index is 2.27. The van der Waals surface area contributed by atoms with Crippen LogP contribution in [-0.2, 0) is 6.42 Å². The highest BCUT2D eigenvalue weighted by Crippen LogP contribution is 1.98. The van der Waals surface area contributed by atoms with Gasteiger partial charge in [0.15, 0.2) is 0 Å².